The summed E-state index contributed by atoms with van der Waals surface area (Å²) in [5.74, 6) is 0.878. The molecule has 1 aliphatic heterocycles. The Morgan fingerprint density at radius 3 is 3.05 bits per heavy atom. The minimum Gasteiger partial charge on any atom is -0.310 e. The summed E-state index contributed by atoms with van der Waals surface area (Å²) in [5, 5.41) is 3.87. The molecule has 1 saturated heterocycles. The van der Waals surface area contributed by atoms with Gasteiger partial charge in [0, 0.05) is 23.5 Å². The molecule has 110 valence electrons. The molecule has 1 saturated carbocycles. The van der Waals surface area contributed by atoms with Crippen LogP contribution in [-0.2, 0) is 6.42 Å². The molecule has 2 unspecified atom stereocenters. The number of hydrogen-bond donors (Lipinski definition) is 1. The van der Waals surface area contributed by atoms with E-state index in [0.29, 0.717) is 6.04 Å². The Labute approximate surface area is 134 Å². The fourth-order valence-corrected chi connectivity index (χ4v) is 5.66. The van der Waals surface area contributed by atoms with E-state index in [-0.39, 0.29) is 0 Å². The molecule has 4 rings (SSSR count). The first-order chi connectivity index (χ1) is 9.79. The fourth-order valence-electron chi connectivity index (χ4n) is 3.84. The molecule has 2 atom stereocenters. The first-order valence-electron chi connectivity index (χ1n) is 8.05. The zero-order chi connectivity index (χ0) is 13.5. The molecule has 2 heterocycles. The van der Waals surface area contributed by atoms with E-state index >= 15 is 0 Å². The van der Waals surface area contributed by atoms with Gasteiger partial charge >= 0.3 is 0 Å². The van der Waals surface area contributed by atoms with Gasteiger partial charge in [-0.1, -0.05) is 0 Å². The van der Waals surface area contributed by atoms with E-state index in [4.69, 9.17) is 0 Å². The Balaban J connectivity index is 1.33. The Bertz CT molecular complexity index is 483. The molecule has 2 aliphatic carbocycles. The molecule has 1 aromatic rings. The van der Waals surface area contributed by atoms with Gasteiger partial charge in [-0.05, 0) is 85.1 Å². The number of nitrogens with zero attached hydrogens (tertiary/aromatic N) is 1. The number of halogens is 1. The van der Waals surface area contributed by atoms with Gasteiger partial charge in [-0.3, -0.25) is 0 Å². The van der Waals surface area contributed by atoms with E-state index < -0.39 is 0 Å². The molecular formula is C16H23BrN2S. The molecule has 0 spiro atoms. The minimum absolute atomic E-state index is 0.608. The summed E-state index contributed by atoms with van der Waals surface area (Å²) in [5.41, 5.74) is 1.57. The van der Waals surface area contributed by atoms with E-state index in [0.717, 1.165) is 12.0 Å². The molecule has 20 heavy (non-hydrogen) atoms. The van der Waals surface area contributed by atoms with Gasteiger partial charge in [0.15, 0.2) is 0 Å². The zero-order valence-corrected chi connectivity index (χ0v) is 14.3. The standard InChI is InChI=1S/C16H23BrN2S/c17-16-8-13-14(2-1-3-15(13)20-16)18-9-11-6-7-19(10-11)12-4-5-12/h8,11-12,14,18H,1-7,9-10H2. The summed E-state index contributed by atoms with van der Waals surface area (Å²) < 4.78 is 1.30. The van der Waals surface area contributed by atoms with Crippen LogP contribution < -0.4 is 5.32 Å². The molecule has 1 N–H and O–H groups in total. The second kappa shape index (κ2) is 5.71. The second-order valence-electron chi connectivity index (χ2n) is 6.66. The summed E-state index contributed by atoms with van der Waals surface area (Å²) in [4.78, 5) is 4.33. The van der Waals surface area contributed by atoms with Crippen LogP contribution in [0.25, 0.3) is 0 Å². The predicted molar refractivity (Wildman–Crippen MR) is 88.4 cm³/mol. The lowest BCUT2D eigenvalue weighted by molar-refractivity contribution is 0.307. The molecule has 0 aromatic carbocycles. The van der Waals surface area contributed by atoms with Crippen LogP contribution in [0.1, 0.15) is 48.6 Å². The fraction of sp³-hybridized carbons (Fsp3) is 0.750. The molecule has 2 fully saturated rings. The monoisotopic (exact) mass is 354 g/mol. The topological polar surface area (TPSA) is 15.3 Å². The molecule has 4 heteroatoms. The molecular weight excluding hydrogens is 332 g/mol. The number of fused-ring (bicyclic) bond motifs is 1. The van der Waals surface area contributed by atoms with E-state index in [1.807, 2.05) is 11.3 Å². The summed E-state index contributed by atoms with van der Waals surface area (Å²) in [6.45, 7) is 3.89. The lowest BCUT2D eigenvalue weighted by Gasteiger charge is -2.25. The van der Waals surface area contributed by atoms with Crippen LogP contribution in [0, 0.1) is 5.92 Å². The van der Waals surface area contributed by atoms with Crippen molar-refractivity contribution < 1.29 is 0 Å². The summed E-state index contributed by atoms with van der Waals surface area (Å²) in [6, 6.07) is 3.91. The van der Waals surface area contributed by atoms with Crippen molar-refractivity contribution in [2.75, 3.05) is 19.6 Å². The van der Waals surface area contributed by atoms with Crippen molar-refractivity contribution in [2.24, 2.45) is 5.92 Å². The summed E-state index contributed by atoms with van der Waals surface area (Å²) in [7, 11) is 0. The van der Waals surface area contributed by atoms with E-state index in [2.05, 4.69) is 32.2 Å². The van der Waals surface area contributed by atoms with Gasteiger partial charge in [-0.15, -0.1) is 11.3 Å². The highest BCUT2D eigenvalue weighted by molar-refractivity contribution is 9.11. The number of likely N-dealkylation sites (tertiary alicyclic amines) is 1. The van der Waals surface area contributed by atoms with Crippen LogP contribution in [-0.4, -0.2) is 30.6 Å². The number of hydrogen-bond acceptors (Lipinski definition) is 3. The molecule has 2 nitrogen and oxygen atoms in total. The average Bonchev–Trinajstić information content (AvgIpc) is 3.05. The van der Waals surface area contributed by atoms with E-state index in [1.54, 1.807) is 10.4 Å². The van der Waals surface area contributed by atoms with Gasteiger partial charge in [0.2, 0.25) is 0 Å². The van der Waals surface area contributed by atoms with Crippen LogP contribution in [0.4, 0.5) is 0 Å². The summed E-state index contributed by atoms with van der Waals surface area (Å²) in [6.07, 6.45) is 8.24. The molecule has 0 amide bonds. The highest BCUT2D eigenvalue weighted by Crippen LogP contribution is 2.38. The Kier molecular flexibility index (Phi) is 3.92. The third kappa shape index (κ3) is 2.85. The van der Waals surface area contributed by atoms with Gasteiger partial charge in [0.05, 0.1) is 3.79 Å². The Morgan fingerprint density at radius 1 is 1.30 bits per heavy atom. The van der Waals surface area contributed by atoms with Crippen molar-refractivity contribution >= 4 is 27.3 Å². The summed E-state index contributed by atoms with van der Waals surface area (Å²) >= 11 is 5.59. The average molecular weight is 355 g/mol. The maximum atomic E-state index is 3.87. The highest BCUT2D eigenvalue weighted by atomic mass is 79.9. The minimum atomic E-state index is 0.608. The van der Waals surface area contributed by atoms with Crippen molar-refractivity contribution in [1.29, 1.82) is 0 Å². The van der Waals surface area contributed by atoms with Gasteiger partial charge in [-0.2, -0.15) is 0 Å². The number of nitrogens with one attached hydrogen (secondary N) is 1. The van der Waals surface area contributed by atoms with Crippen LogP contribution >= 0.6 is 27.3 Å². The number of aryl methyl sites for hydroxylation is 1. The highest BCUT2D eigenvalue weighted by Gasteiger charge is 2.34. The Hall–Kier alpha value is 0.1000. The largest absolute Gasteiger partial charge is 0.310 e. The van der Waals surface area contributed by atoms with Gasteiger partial charge in [0.25, 0.3) is 0 Å². The van der Waals surface area contributed by atoms with Gasteiger partial charge in [-0.25, -0.2) is 0 Å². The normalized spacial score (nSPS) is 30.6. The first-order valence-corrected chi connectivity index (χ1v) is 9.66. The third-order valence-corrected chi connectivity index (χ3v) is 6.83. The number of rotatable bonds is 4. The van der Waals surface area contributed by atoms with Crippen molar-refractivity contribution in [3.05, 3.63) is 20.3 Å². The van der Waals surface area contributed by atoms with Crippen molar-refractivity contribution in [2.45, 2.75) is 50.6 Å². The maximum Gasteiger partial charge on any atom is 0.0704 e. The zero-order valence-electron chi connectivity index (χ0n) is 11.9. The van der Waals surface area contributed by atoms with Gasteiger partial charge in [0.1, 0.15) is 0 Å². The quantitative estimate of drug-likeness (QED) is 0.880. The van der Waals surface area contributed by atoms with Crippen molar-refractivity contribution in [3.63, 3.8) is 0 Å². The maximum absolute atomic E-state index is 3.87. The lowest BCUT2D eigenvalue weighted by atomic mass is 9.93. The van der Waals surface area contributed by atoms with Crippen molar-refractivity contribution in [3.8, 4) is 0 Å². The van der Waals surface area contributed by atoms with Crippen LogP contribution in [0.2, 0.25) is 0 Å². The predicted octanol–water partition coefficient (Wildman–Crippen LogP) is 3.96. The van der Waals surface area contributed by atoms with E-state index in [9.17, 15) is 0 Å². The third-order valence-electron chi connectivity index (χ3n) is 5.12. The second-order valence-corrected chi connectivity index (χ2v) is 9.18. The smallest absolute Gasteiger partial charge is 0.0704 e. The molecule has 0 bridgehead atoms. The van der Waals surface area contributed by atoms with Crippen LogP contribution in [0.3, 0.4) is 0 Å². The molecule has 0 radical (unpaired) electrons. The molecule has 3 aliphatic rings. The SMILES string of the molecule is Brc1cc2c(s1)CCCC2NCC1CCN(C2CC2)C1. The van der Waals surface area contributed by atoms with Gasteiger partial charge < -0.3 is 10.2 Å². The first kappa shape index (κ1) is 13.7. The molecule has 1 aromatic heterocycles. The van der Waals surface area contributed by atoms with Crippen molar-refractivity contribution in [1.82, 2.24) is 10.2 Å². The lowest BCUT2D eigenvalue weighted by Crippen LogP contribution is -2.31. The number of thiophene rings is 1. The van der Waals surface area contributed by atoms with Crippen LogP contribution in [0.5, 0.6) is 0 Å². The van der Waals surface area contributed by atoms with E-state index in [1.165, 1.54) is 61.9 Å². The Morgan fingerprint density at radius 2 is 2.20 bits per heavy atom. The van der Waals surface area contributed by atoms with Crippen LogP contribution in [0.15, 0.2) is 9.85 Å².